The third-order valence-electron chi connectivity index (χ3n) is 8.24. The lowest BCUT2D eigenvalue weighted by Crippen LogP contribution is -3.35. The fourth-order valence-electron chi connectivity index (χ4n) is 7.47. The first kappa shape index (κ1) is 17.4. The van der Waals surface area contributed by atoms with E-state index in [4.69, 9.17) is 12.8 Å². The highest BCUT2D eigenvalue weighted by molar-refractivity contribution is 5.14. The Labute approximate surface area is 164 Å². The van der Waals surface area contributed by atoms with Crippen molar-refractivity contribution in [2.75, 3.05) is 13.1 Å². The Hall–Kier alpha value is -1.74. The number of quaternary nitrogens is 2. The topological polar surface area (TPSA) is 8.88 Å². The van der Waals surface area contributed by atoms with E-state index in [1.807, 2.05) is 0 Å². The van der Waals surface area contributed by atoms with E-state index >= 15 is 0 Å². The average molecular weight is 361 g/mol. The van der Waals surface area contributed by atoms with Crippen molar-refractivity contribution in [3.8, 4) is 24.7 Å². The zero-order valence-corrected chi connectivity index (χ0v) is 16.3. The third kappa shape index (κ3) is 3.00. The van der Waals surface area contributed by atoms with E-state index in [-0.39, 0.29) is 12.1 Å². The van der Waals surface area contributed by atoms with Crippen molar-refractivity contribution in [2.24, 2.45) is 17.8 Å². The van der Waals surface area contributed by atoms with Crippen LogP contribution in [0.4, 0.5) is 0 Å². The van der Waals surface area contributed by atoms with Crippen molar-refractivity contribution < 1.29 is 9.80 Å². The van der Waals surface area contributed by atoms with Gasteiger partial charge in [-0.2, -0.15) is 0 Å². The summed E-state index contributed by atoms with van der Waals surface area (Å²) in [7, 11) is 0. The molecule has 4 bridgehead atoms. The normalized spacial score (nSPS) is 45.2. The molecular formula is C25H32N2+2. The maximum absolute atomic E-state index is 6.07. The average Bonchev–Trinajstić information content (AvgIpc) is 2.67. The number of terminal acetylenes is 2. The first-order chi connectivity index (χ1) is 13.2. The lowest BCUT2D eigenvalue weighted by Gasteiger charge is -2.59. The third-order valence-corrected chi connectivity index (χ3v) is 8.24. The van der Waals surface area contributed by atoms with Crippen molar-refractivity contribution in [3.63, 3.8) is 0 Å². The lowest BCUT2D eigenvalue weighted by atomic mass is 9.52. The van der Waals surface area contributed by atoms with Crippen LogP contribution < -0.4 is 9.80 Å². The highest BCUT2D eigenvalue weighted by Crippen LogP contribution is 2.54. The van der Waals surface area contributed by atoms with Gasteiger partial charge in [-0.3, -0.25) is 4.90 Å². The van der Waals surface area contributed by atoms with E-state index < -0.39 is 0 Å². The molecule has 0 radical (unpaired) electrons. The summed E-state index contributed by atoms with van der Waals surface area (Å²) < 4.78 is 0. The Morgan fingerprint density at radius 2 is 1.37 bits per heavy atom. The molecule has 4 saturated carbocycles. The van der Waals surface area contributed by atoms with Crippen LogP contribution in [0.1, 0.15) is 44.1 Å². The van der Waals surface area contributed by atoms with Crippen LogP contribution >= 0.6 is 0 Å². The number of piperazine rings is 1. The summed E-state index contributed by atoms with van der Waals surface area (Å²) in [5.41, 5.74) is 1.82. The highest BCUT2D eigenvalue weighted by atomic mass is 15.3. The van der Waals surface area contributed by atoms with Crippen molar-refractivity contribution in [2.45, 2.75) is 62.7 Å². The summed E-state index contributed by atoms with van der Waals surface area (Å²) in [6.07, 6.45) is 20.9. The molecule has 6 rings (SSSR count). The molecule has 2 heteroatoms. The van der Waals surface area contributed by atoms with Gasteiger partial charge in [-0.05, 0) is 48.9 Å². The zero-order valence-electron chi connectivity index (χ0n) is 16.3. The first-order valence-electron chi connectivity index (χ1n) is 10.9. The highest BCUT2D eigenvalue weighted by Gasteiger charge is 2.58. The summed E-state index contributed by atoms with van der Waals surface area (Å²) in [4.78, 5) is 3.17. The lowest BCUT2D eigenvalue weighted by molar-refractivity contribution is -1.07. The second-order valence-corrected chi connectivity index (χ2v) is 9.89. The standard InChI is InChI=1S/C25H30N2/c1-3-23-17-26(25-13-20-10-21(14-25)12-22(11-20)15-25)18-24(4-2)27(23)16-19-8-6-5-7-9-19/h1-2,5-9,20-24H,10-18H2/p+2/t20?,21?,22?,23-,24+,25?. The van der Waals surface area contributed by atoms with Crippen LogP contribution in [0.3, 0.4) is 0 Å². The van der Waals surface area contributed by atoms with Gasteiger partial charge in [0.05, 0.1) is 5.54 Å². The van der Waals surface area contributed by atoms with Crippen molar-refractivity contribution in [1.29, 1.82) is 0 Å². The maximum atomic E-state index is 6.07. The second-order valence-electron chi connectivity index (χ2n) is 9.89. The minimum Gasteiger partial charge on any atom is -0.318 e. The van der Waals surface area contributed by atoms with Gasteiger partial charge < -0.3 is 4.90 Å². The van der Waals surface area contributed by atoms with E-state index in [0.717, 1.165) is 37.4 Å². The van der Waals surface area contributed by atoms with E-state index in [2.05, 4.69) is 42.2 Å². The van der Waals surface area contributed by atoms with Gasteiger partial charge in [0.15, 0.2) is 12.1 Å². The molecular weight excluding hydrogens is 328 g/mol. The Morgan fingerprint density at radius 1 is 0.852 bits per heavy atom. The van der Waals surface area contributed by atoms with Crippen LogP contribution in [0.25, 0.3) is 0 Å². The summed E-state index contributed by atoms with van der Waals surface area (Å²) in [5.74, 6) is 9.23. The Bertz CT molecular complexity index is 708. The molecule has 4 atom stereocenters. The molecule has 0 aromatic heterocycles. The molecule has 140 valence electrons. The number of rotatable bonds is 3. The molecule has 2 nitrogen and oxygen atoms in total. The van der Waals surface area contributed by atoms with Crippen LogP contribution in [0.5, 0.6) is 0 Å². The summed E-state index contributed by atoms with van der Waals surface area (Å²) in [6, 6.07) is 11.2. The Kier molecular flexibility index (Phi) is 4.31. The minimum absolute atomic E-state index is 0.225. The summed E-state index contributed by atoms with van der Waals surface area (Å²) in [6.45, 7) is 3.14. The molecule has 1 heterocycles. The van der Waals surface area contributed by atoms with Gasteiger partial charge in [-0.25, -0.2) is 0 Å². The fraction of sp³-hybridized carbons (Fsp3) is 0.600. The largest absolute Gasteiger partial charge is 0.318 e. The number of benzene rings is 1. The number of hydrogen-bond acceptors (Lipinski definition) is 0. The van der Waals surface area contributed by atoms with Gasteiger partial charge in [0.1, 0.15) is 19.6 Å². The molecule has 4 aliphatic carbocycles. The zero-order chi connectivity index (χ0) is 18.4. The molecule has 2 N–H and O–H groups in total. The summed E-state index contributed by atoms with van der Waals surface area (Å²) >= 11 is 0. The molecule has 27 heavy (non-hydrogen) atoms. The van der Waals surface area contributed by atoms with Crippen LogP contribution in [-0.2, 0) is 6.54 Å². The van der Waals surface area contributed by atoms with Gasteiger partial charge in [0.2, 0.25) is 0 Å². The predicted octanol–water partition coefficient (Wildman–Crippen LogP) is 0.942. The molecule has 1 aromatic carbocycles. The van der Waals surface area contributed by atoms with Crippen molar-refractivity contribution in [1.82, 2.24) is 0 Å². The molecule has 2 unspecified atom stereocenters. The quantitative estimate of drug-likeness (QED) is 0.743. The van der Waals surface area contributed by atoms with Gasteiger partial charge in [0, 0.05) is 24.8 Å². The molecule has 1 aliphatic heterocycles. The summed E-state index contributed by atoms with van der Waals surface area (Å²) in [5, 5.41) is 0. The van der Waals surface area contributed by atoms with Crippen molar-refractivity contribution in [3.05, 3.63) is 35.9 Å². The molecule has 0 amide bonds. The molecule has 0 spiro atoms. The monoisotopic (exact) mass is 360 g/mol. The maximum Gasteiger partial charge on any atom is 0.199 e. The SMILES string of the molecule is C#C[C@@H]1C[NH+](C23CC4CC(CC(C4)C2)C3)C[C@H](C#C)[NH+]1Cc1ccccc1. The second kappa shape index (κ2) is 6.70. The van der Waals surface area contributed by atoms with Gasteiger partial charge in [0.25, 0.3) is 0 Å². The van der Waals surface area contributed by atoms with E-state index in [1.165, 1.54) is 49.0 Å². The Balaban J connectivity index is 1.39. The number of hydrogen-bond donors (Lipinski definition) is 2. The van der Waals surface area contributed by atoms with E-state index in [1.54, 1.807) is 4.90 Å². The van der Waals surface area contributed by atoms with Gasteiger partial charge >= 0.3 is 0 Å². The molecule has 5 fully saturated rings. The van der Waals surface area contributed by atoms with Crippen molar-refractivity contribution >= 4 is 0 Å². The molecule has 5 aliphatic rings. The smallest absolute Gasteiger partial charge is 0.199 e. The molecule has 1 saturated heterocycles. The Morgan fingerprint density at radius 3 is 1.85 bits per heavy atom. The van der Waals surface area contributed by atoms with E-state index in [9.17, 15) is 0 Å². The van der Waals surface area contributed by atoms with Gasteiger partial charge in [-0.15, -0.1) is 12.8 Å². The van der Waals surface area contributed by atoms with Gasteiger partial charge in [-0.1, -0.05) is 30.3 Å². The molecule has 1 aromatic rings. The van der Waals surface area contributed by atoms with E-state index in [0.29, 0.717) is 5.54 Å². The fourth-order valence-corrected chi connectivity index (χ4v) is 7.47. The van der Waals surface area contributed by atoms with Crippen LogP contribution in [0, 0.1) is 42.4 Å². The number of nitrogens with one attached hydrogen (secondary N) is 2. The van der Waals surface area contributed by atoms with Crippen LogP contribution in [0.2, 0.25) is 0 Å². The predicted molar refractivity (Wildman–Crippen MR) is 108 cm³/mol. The minimum atomic E-state index is 0.225. The first-order valence-corrected chi connectivity index (χ1v) is 10.9. The van der Waals surface area contributed by atoms with Crippen LogP contribution in [0.15, 0.2) is 30.3 Å². The van der Waals surface area contributed by atoms with Crippen LogP contribution in [-0.4, -0.2) is 30.7 Å².